The zero-order valence-corrected chi connectivity index (χ0v) is 16.0. The van der Waals surface area contributed by atoms with Crippen LogP contribution in [0, 0.1) is 5.92 Å². The molecule has 0 saturated carbocycles. The van der Waals surface area contributed by atoms with Crippen molar-refractivity contribution in [2.75, 3.05) is 43.9 Å². The second-order valence-electron chi connectivity index (χ2n) is 6.95. The van der Waals surface area contributed by atoms with Gasteiger partial charge in [-0.05, 0) is 37.9 Å². The number of carbonyl (C=O) groups is 2. The molecule has 3 N–H and O–H groups in total. The monoisotopic (exact) mass is 400 g/mol. The van der Waals surface area contributed by atoms with E-state index in [4.69, 9.17) is 22.1 Å². The first-order valence-corrected chi connectivity index (χ1v) is 8.88. The number of amides is 2. The second kappa shape index (κ2) is 7.13. The lowest BCUT2D eigenvalue weighted by molar-refractivity contribution is -0.121. The van der Waals surface area contributed by atoms with Crippen LogP contribution in [0.2, 0.25) is 5.02 Å². The predicted octanol–water partition coefficient (Wildman–Crippen LogP) is 1.52. The third kappa shape index (κ3) is 3.08. The van der Waals surface area contributed by atoms with Crippen LogP contribution in [-0.2, 0) is 4.79 Å². The normalized spacial score (nSPS) is 26.6. The number of fused-ring (bicyclic) bond motifs is 4. The number of anilines is 2. The van der Waals surface area contributed by atoms with E-state index in [2.05, 4.69) is 10.2 Å². The molecule has 1 atom stereocenters. The van der Waals surface area contributed by atoms with Crippen molar-refractivity contribution in [1.82, 2.24) is 10.2 Å². The fourth-order valence-corrected chi connectivity index (χ4v) is 4.19. The maximum Gasteiger partial charge on any atom is 0.264 e. The largest absolute Gasteiger partial charge is 0.481 e. The quantitative estimate of drug-likeness (QED) is 0.734. The third-order valence-corrected chi connectivity index (χ3v) is 5.84. The number of nitrogens with zero attached hydrogens (tertiary/aromatic N) is 2. The Hall–Kier alpha value is -1.70. The first-order chi connectivity index (χ1) is 12.0. The van der Waals surface area contributed by atoms with Gasteiger partial charge in [-0.25, -0.2) is 0 Å². The Morgan fingerprint density at radius 2 is 2.08 bits per heavy atom. The summed E-state index contributed by atoms with van der Waals surface area (Å²) < 4.78 is 5.54. The van der Waals surface area contributed by atoms with E-state index in [1.165, 1.54) is 4.90 Å². The van der Waals surface area contributed by atoms with Gasteiger partial charge in [0.25, 0.3) is 11.8 Å². The summed E-state index contributed by atoms with van der Waals surface area (Å²) in [7, 11) is 1.63. The van der Waals surface area contributed by atoms with E-state index in [0.29, 0.717) is 17.4 Å². The SMILES string of the molecule is CN1C(=O)COc2c1cc(Cl)c(N)c2C(=O)NC1CN2CCC1CC2.Cl. The molecule has 0 aliphatic carbocycles. The second-order valence-corrected chi connectivity index (χ2v) is 7.36. The van der Waals surface area contributed by atoms with Crippen molar-refractivity contribution in [3.8, 4) is 5.75 Å². The van der Waals surface area contributed by atoms with Crippen molar-refractivity contribution >= 4 is 47.2 Å². The van der Waals surface area contributed by atoms with Gasteiger partial charge in [0, 0.05) is 19.6 Å². The maximum absolute atomic E-state index is 13.0. The molecule has 1 aromatic rings. The number of ether oxygens (including phenoxy) is 1. The lowest BCUT2D eigenvalue weighted by Crippen LogP contribution is -2.57. The number of carbonyl (C=O) groups excluding carboxylic acids is 2. The lowest BCUT2D eigenvalue weighted by atomic mass is 9.84. The van der Waals surface area contributed by atoms with E-state index in [9.17, 15) is 9.59 Å². The molecule has 0 spiro atoms. The fraction of sp³-hybridized carbons (Fsp3) is 0.529. The van der Waals surface area contributed by atoms with Crippen LogP contribution in [0.15, 0.2) is 6.07 Å². The van der Waals surface area contributed by atoms with Crippen molar-refractivity contribution in [1.29, 1.82) is 0 Å². The van der Waals surface area contributed by atoms with Crippen molar-refractivity contribution in [3.05, 3.63) is 16.7 Å². The topological polar surface area (TPSA) is 87.9 Å². The zero-order chi connectivity index (χ0) is 17.7. The van der Waals surface area contributed by atoms with E-state index in [1.807, 2.05) is 0 Å². The number of nitrogen functional groups attached to an aromatic ring is 1. The molecule has 26 heavy (non-hydrogen) atoms. The van der Waals surface area contributed by atoms with Gasteiger partial charge in [0.2, 0.25) is 0 Å². The van der Waals surface area contributed by atoms with Crippen LogP contribution in [0.5, 0.6) is 5.75 Å². The molecule has 142 valence electrons. The average Bonchev–Trinajstić information content (AvgIpc) is 2.61. The van der Waals surface area contributed by atoms with Crippen LogP contribution in [0.3, 0.4) is 0 Å². The molecule has 3 fully saturated rings. The Morgan fingerprint density at radius 1 is 1.38 bits per heavy atom. The molecule has 0 aromatic heterocycles. The number of halogens is 2. The molecule has 5 rings (SSSR count). The molecular weight excluding hydrogens is 379 g/mol. The van der Waals surface area contributed by atoms with Gasteiger partial charge in [-0.2, -0.15) is 0 Å². The highest BCUT2D eigenvalue weighted by atomic mass is 35.5. The van der Waals surface area contributed by atoms with E-state index >= 15 is 0 Å². The summed E-state index contributed by atoms with van der Waals surface area (Å²) >= 11 is 6.21. The van der Waals surface area contributed by atoms with E-state index in [-0.39, 0.29) is 53.1 Å². The highest BCUT2D eigenvalue weighted by molar-refractivity contribution is 6.35. The van der Waals surface area contributed by atoms with Crippen LogP contribution in [0.25, 0.3) is 0 Å². The molecule has 3 saturated heterocycles. The number of hydrogen-bond acceptors (Lipinski definition) is 5. The predicted molar refractivity (Wildman–Crippen MR) is 102 cm³/mol. The van der Waals surface area contributed by atoms with Crippen LogP contribution in [0.1, 0.15) is 23.2 Å². The van der Waals surface area contributed by atoms with Crippen LogP contribution in [0.4, 0.5) is 11.4 Å². The Balaban J connectivity index is 0.00000196. The number of benzene rings is 1. The number of rotatable bonds is 2. The molecule has 4 aliphatic rings. The Bertz CT molecular complexity index is 750. The van der Waals surface area contributed by atoms with Gasteiger partial charge in [-0.1, -0.05) is 11.6 Å². The molecule has 9 heteroatoms. The Labute approximate surface area is 163 Å². The molecule has 0 radical (unpaired) electrons. The van der Waals surface area contributed by atoms with Gasteiger partial charge < -0.3 is 25.6 Å². The molecular formula is C17H22Cl2N4O3. The summed E-state index contributed by atoms with van der Waals surface area (Å²) in [4.78, 5) is 28.6. The maximum atomic E-state index is 13.0. The minimum absolute atomic E-state index is 0. The van der Waals surface area contributed by atoms with E-state index < -0.39 is 0 Å². The molecule has 4 heterocycles. The van der Waals surface area contributed by atoms with Gasteiger partial charge in [0.05, 0.1) is 16.4 Å². The third-order valence-electron chi connectivity index (χ3n) is 5.52. The lowest BCUT2D eigenvalue weighted by Gasteiger charge is -2.45. The van der Waals surface area contributed by atoms with Gasteiger partial charge in [-0.3, -0.25) is 9.59 Å². The summed E-state index contributed by atoms with van der Waals surface area (Å²) in [6.07, 6.45) is 2.20. The van der Waals surface area contributed by atoms with Gasteiger partial charge in [-0.15, -0.1) is 12.4 Å². The number of piperidine rings is 3. The first kappa shape index (κ1) is 19.1. The van der Waals surface area contributed by atoms with Gasteiger partial charge in [0.1, 0.15) is 5.56 Å². The Kier molecular flexibility index (Phi) is 5.23. The van der Waals surface area contributed by atoms with Crippen LogP contribution in [-0.4, -0.2) is 56.0 Å². The van der Waals surface area contributed by atoms with Crippen molar-refractivity contribution < 1.29 is 14.3 Å². The molecule has 2 bridgehead atoms. The van der Waals surface area contributed by atoms with Crippen molar-refractivity contribution in [2.24, 2.45) is 5.92 Å². The minimum atomic E-state index is -0.294. The summed E-state index contributed by atoms with van der Waals surface area (Å²) in [5.74, 6) is 0.327. The highest BCUT2D eigenvalue weighted by Gasteiger charge is 2.37. The zero-order valence-electron chi connectivity index (χ0n) is 14.5. The average molecular weight is 401 g/mol. The molecule has 1 aromatic carbocycles. The van der Waals surface area contributed by atoms with E-state index in [0.717, 1.165) is 32.5 Å². The summed E-state index contributed by atoms with van der Waals surface area (Å²) in [5, 5.41) is 3.35. The van der Waals surface area contributed by atoms with Crippen molar-refractivity contribution in [3.63, 3.8) is 0 Å². The molecule has 2 amide bonds. The number of hydrogen-bond donors (Lipinski definition) is 2. The number of nitrogens with two attached hydrogens (primary N) is 1. The van der Waals surface area contributed by atoms with Crippen molar-refractivity contribution in [2.45, 2.75) is 18.9 Å². The first-order valence-electron chi connectivity index (χ1n) is 8.50. The number of nitrogens with one attached hydrogen (secondary N) is 1. The van der Waals surface area contributed by atoms with Gasteiger partial charge in [0.15, 0.2) is 12.4 Å². The fourth-order valence-electron chi connectivity index (χ4n) is 3.99. The molecule has 7 nitrogen and oxygen atoms in total. The van der Waals surface area contributed by atoms with E-state index in [1.54, 1.807) is 13.1 Å². The number of likely N-dealkylation sites (N-methyl/N-ethyl adjacent to an activating group) is 1. The summed E-state index contributed by atoms with van der Waals surface area (Å²) in [6.45, 7) is 2.94. The minimum Gasteiger partial charge on any atom is -0.481 e. The summed E-state index contributed by atoms with van der Waals surface area (Å²) in [6, 6.07) is 1.67. The highest BCUT2D eigenvalue weighted by Crippen LogP contribution is 2.42. The summed E-state index contributed by atoms with van der Waals surface area (Å²) in [5.41, 5.74) is 6.95. The Morgan fingerprint density at radius 3 is 2.69 bits per heavy atom. The smallest absolute Gasteiger partial charge is 0.264 e. The molecule has 4 aliphatic heterocycles. The van der Waals surface area contributed by atoms with Gasteiger partial charge >= 0.3 is 0 Å². The van der Waals surface area contributed by atoms with Crippen LogP contribution >= 0.6 is 24.0 Å². The van der Waals surface area contributed by atoms with Crippen LogP contribution < -0.4 is 20.7 Å². The standard InChI is InChI=1S/C17H21ClN4O3.ClH/c1-21-12-6-10(18)15(19)14(16(12)25-8-13(21)23)17(24)20-11-7-22-4-2-9(11)3-5-22;/h6,9,11H,2-5,7-8,19H2,1H3,(H,20,24);1H. The molecule has 1 unspecified atom stereocenters.